The Bertz CT molecular complexity index is 926. The maximum Gasteiger partial charge on any atom is 0.305 e. The summed E-state index contributed by atoms with van der Waals surface area (Å²) in [4.78, 5) is 36.2. The number of carbonyl (C=O) groups excluding carboxylic acids is 1. The summed E-state index contributed by atoms with van der Waals surface area (Å²) >= 11 is 1.63. The maximum absolute atomic E-state index is 12.8. The number of nitrogens with one attached hydrogen (secondary N) is 1. The van der Waals surface area contributed by atoms with Gasteiger partial charge in [0.25, 0.3) is 5.56 Å². The molecule has 0 saturated heterocycles. The Balaban J connectivity index is 1.70. The number of aromatic nitrogens is 2. The number of aryl methyl sites for hydroxylation is 2. The number of methoxy groups -OCH3 is 1. The lowest BCUT2D eigenvalue weighted by Crippen LogP contribution is -2.37. The van der Waals surface area contributed by atoms with Crippen molar-refractivity contribution in [1.29, 1.82) is 0 Å². The lowest BCUT2D eigenvalue weighted by Gasteiger charge is -2.24. The molecule has 8 nitrogen and oxygen atoms in total. The molecule has 1 unspecified atom stereocenters. The molecular formula is C22H33N3O5S. The fourth-order valence-corrected chi connectivity index (χ4v) is 5.26. The highest BCUT2D eigenvalue weighted by Crippen LogP contribution is 2.33. The molecule has 0 saturated carbocycles. The van der Waals surface area contributed by atoms with E-state index >= 15 is 0 Å². The van der Waals surface area contributed by atoms with Crippen LogP contribution in [0.25, 0.3) is 10.2 Å². The van der Waals surface area contributed by atoms with Gasteiger partial charge >= 0.3 is 5.97 Å². The van der Waals surface area contributed by atoms with Crippen molar-refractivity contribution in [1.82, 2.24) is 14.9 Å². The Hall–Kier alpha value is -1.81. The molecule has 0 amide bonds. The standard InChI is InChI=1S/C22H33N3O5S/c1-3-7-19(27)30-14-15(26)12-25(10-6-11-29-2)13-18-23-21(28)20-16-8-4-5-9-17(16)31-22(20)24-18/h15,26H,3-14H2,1-2H3,(H,23,24,28). The van der Waals surface area contributed by atoms with Crippen LogP contribution in [0, 0.1) is 0 Å². The number of H-pyrrole nitrogens is 1. The van der Waals surface area contributed by atoms with Crippen molar-refractivity contribution >= 4 is 27.5 Å². The zero-order valence-corrected chi connectivity index (χ0v) is 19.3. The second kappa shape index (κ2) is 11.7. The van der Waals surface area contributed by atoms with Crippen molar-refractivity contribution in [3.63, 3.8) is 0 Å². The number of aliphatic hydroxyl groups excluding tert-OH is 1. The predicted molar refractivity (Wildman–Crippen MR) is 121 cm³/mol. The van der Waals surface area contributed by atoms with Crippen molar-refractivity contribution < 1.29 is 19.4 Å². The number of aromatic amines is 1. The molecule has 0 fully saturated rings. The minimum Gasteiger partial charge on any atom is -0.463 e. The van der Waals surface area contributed by atoms with Gasteiger partial charge in [0, 0.05) is 38.1 Å². The molecule has 0 spiro atoms. The first-order valence-electron chi connectivity index (χ1n) is 11.1. The summed E-state index contributed by atoms with van der Waals surface area (Å²) in [6, 6.07) is 0. The molecule has 2 aromatic heterocycles. The lowest BCUT2D eigenvalue weighted by atomic mass is 9.97. The van der Waals surface area contributed by atoms with Crippen LogP contribution in [0.5, 0.6) is 0 Å². The quantitative estimate of drug-likeness (QED) is 0.377. The topological polar surface area (TPSA) is 105 Å². The predicted octanol–water partition coefficient (Wildman–Crippen LogP) is 2.41. The molecule has 2 aromatic rings. The Morgan fingerprint density at radius 3 is 2.94 bits per heavy atom. The third kappa shape index (κ3) is 6.58. The van der Waals surface area contributed by atoms with Crippen molar-refractivity contribution in [3.05, 3.63) is 26.6 Å². The van der Waals surface area contributed by atoms with Gasteiger partial charge in [-0.25, -0.2) is 4.98 Å². The van der Waals surface area contributed by atoms with E-state index in [4.69, 9.17) is 14.5 Å². The van der Waals surface area contributed by atoms with Gasteiger partial charge in [0.15, 0.2) is 0 Å². The highest BCUT2D eigenvalue weighted by molar-refractivity contribution is 7.18. The molecule has 1 aliphatic carbocycles. The molecule has 31 heavy (non-hydrogen) atoms. The molecule has 172 valence electrons. The zero-order chi connectivity index (χ0) is 22.2. The number of ether oxygens (including phenoxy) is 2. The van der Waals surface area contributed by atoms with Crippen LogP contribution in [-0.2, 0) is 33.7 Å². The fourth-order valence-electron chi connectivity index (χ4n) is 3.98. The monoisotopic (exact) mass is 451 g/mol. The average molecular weight is 452 g/mol. The van der Waals surface area contributed by atoms with Gasteiger partial charge < -0.3 is 19.6 Å². The Morgan fingerprint density at radius 2 is 2.16 bits per heavy atom. The number of nitrogens with zero attached hydrogens (tertiary/aromatic N) is 2. The third-order valence-corrected chi connectivity index (χ3v) is 6.62. The molecule has 0 aliphatic heterocycles. The van der Waals surface area contributed by atoms with Crippen LogP contribution in [-0.4, -0.2) is 65.5 Å². The number of aliphatic hydroxyl groups is 1. The van der Waals surface area contributed by atoms with Crippen molar-refractivity contribution in [2.24, 2.45) is 0 Å². The molecule has 9 heteroatoms. The van der Waals surface area contributed by atoms with Gasteiger partial charge in [-0.05, 0) is 44.1 Å². The Labute approximate surface area is 186 Å². The first-order chi connectivity index (χ1) is 15.0. The Kier molecular flexibility index (Phi) is 9.01. The number of hydrogen-bond donors (Lipinski definition) is 2. The molecule has 0 aromatic carbocycles. The highest BCUT2D eigenvalue weighted by Gasteiger charge is 2.21. The van der Waals surface area contributed by atoms with E-state index < -0.39 is 6.10 Å². The first kappa shape index (κ1) is 23.8. The van der Waals surface area contributed by atoms with Crippen LogP contribution >= 0.6 is 11.3 Å². The van der Waals surface area contributed by atoms with Gasteiger partial charge in [-0.2, -0.15) is 0 Å². The van der Waals surface area contributed by atoms with Crippen LogP contribution in [0.1, 0.15) is 55.3 Å². The van der Waals surface area contributed by atoms with E-state index in [-0.39, 0.29) is 18.1 Å². The summed E-state index contributed by atoms with van der Waals surface area (Å²) in [5, 5.41) is 11.1. The molecular weight excluding hydrogens is 418 g/mol. The zero-order valence-electron chi connectivity index (χ0n) is 18.4. The number of hydrogen-bond acceptors (Lipinski definition) is 8. The van der Waals surface area contributed by atoms with E-state index in [1.807, 2.05) is 11.8 Å². The summed E-state index contributed by atoms with van der Waals surface area (Å²) in [5.41, 5.74) is 1.10. The van der Waals surface area contributed by atoms with Crippen LogP contribution in [0.15, 0.2) is 4.79 Å². The van der Waals surface area contributed by atoms with E-state index in [9.17, 15) is 14.7 Å². The number of fused-ring (bicyclic) bond motifs is 3. The van der Waals surface area contributed by atoms with E-state index in [0.717, 1.165) is 35.9 Å². The second-order valence-electron chi connectivity index (χ2n) is 8.07. The van der Waals surface area contributed by atoms with Gasteiger partial charge in [-0.3, -0.25) is 14.5 Å². The smallest absolute Gasteiger partial charge is 0.305 e. The lowest BCUT2D eigenvalue weighted by molar-refractivity contribution is -0.147. The SMILES string of the molecule is CCCC(=O)OCC(O)CN(CCCOC)Cc1nc2sc3c(c2c(=O)[nH]1)CCCC3. The largest absolute Gasteiger partial charge is 0.463 e. The summed E-state index contributed by atoms with van der Waals surface area (Å²) in [7, 11) is 1.65. The summed E-state index contributed by atoms with van der Waals surface area (Å²) in [6.07, 6.45) is 5.28. The summed E-state index contributed by atoms with van der Waals surface area (Å²) < 4.78 is 10.3. The minimum absolute atomic E-state index is 0.0414. The molecule has 0 radical (unpaired) electrons. The first-order valence-corrected chi connectivity index (χ1v) is 11.9. The van der Waals surface area contributed by atoms with E-state index in [2.05, 4.69) is 4.98 Å². The number of carbonyl (C=O) groups is 1. The second-order valence-corrected chi connectivity index (χ2v) is 9.16. The number of esters is 1. The highest BCUT2D eigenvalue weighted by atomic mass is 32.1. The van der Waals surface area contributed by atoms with Gasteiger partial charge in [0.1, 0.15) is 23.4 Å². The van der Waals surface area contributed by atoms with Crippen LogP contribution in [0.2, 0.25) is 0 Å². The summed E-state index contributed by atoms with van der Waals surface area (Å²) in [5.74, 6) is 0.286. The van der Waals surface area contributed by atoms with E-state index in [1.54, 1.807) is 18.4 Å². The molecule has 1 aliphatic rings. The van der Waals surface area contributed by atoms with Crippen LogP contribution in [0.3, 0.4) is 0 Å². The van der Waals surface area contributed by atoms with E-state index in [1.165, 1.54) is 16.9 Å². The third-order valence-electron chi connectivity index (χ3n) is 5.43. The van der Waals surface area contributed by atoms with Crippen LogP contribution < -0.4 is 5.56 Å². The molecule has 2 N–H and O–H groups in total. The van der Waals surface area contributed by atoms with Crippen LogP contribution in [0.4, 0.5) is 0 Å². The minimum atomic E-state index is -0.812. The molecule has 0 bridgehead atoms. The normalized spacial score (nSPS) is 14.7. The number of thiophene rings is 1. The van der Waals surface area contributed by atoms with Gasteiger partial charge in [0.2, 0.25) is 0 Å². The molecule has 3 rings (SSSR count). The van der Waals surface area contributed by atoms with Crippen molar-refractivity contribution in [2.45, 2.75) is 64.5 Å². The van der Waals surface area contributed by atoms with Crippen molar-refractivity contribution in [2.75, 3.05) is 33.4 Å². The van der Waals surface area contributed by atoms with Gasteiger partial charge in [0.05, 0.1) is 11.9 Å². The van der Waals surface area contributed by atoms with E-state index in [0.29, 0.717) is 44.9 Å². The molecule has 1 atom stereocenters. The van der Waals surface area contributed by atoms with Gasteiger partial charge in [-0.1, -0.05) is 6.92 Å². The average Bonchev–Trinajstić information content (AvgIpc) is 3.11. The summed E-state index contributed by atoms with van der Waals surface area (Å²) in [6.45, 7) is 3.84. The fraction of sp³-hybridized carbons (Fsp3) is 0.682. The van der Waals surface area contributed by atoms with Gasteiger partial charge in [-0.15, -0.1) is 11.3 Å². The van der Waals surface area contributed by atoms with Crippen molar-refractivity contribution in [3.8, 4) is 0 Å². The maximum atomic E-state index is 12.8. The molecule has 2 heterocycles. The Morgan fingerprint density at radius 1 is 1.35 bits per heavy atom. The number of rotatable bonds is 12.